The van der Waals surface area contributed by atoms with Crippen LogP contribution in [-0.2, 0) is 4.74 Å². The van der Waals surface area contributed by atoms with Crippen LogP contribution >= 0.6 is 0 Å². The number of hydrogen-bond donors (Lipinski definition) is 0. The van der Waals surface area contributed by atoms with Gasteiger partial charge >= 0.3 is 6.09 Å². The summed E-state index contributed by atoms with van der Waals surface area (Å²) in [5.74, 6) is 0. The van der Waals surface area contributed by atoms with Gasteiger partial charge in [0.25, 0.3) is 0 Å². The third-order valence-electron chi connectivity index (χ3n) is 0.825. The van der Waals surface area contributed by atoms with Gasteiger partial charge in [-0.05, 0) is 12.3 Å². The fourth-order valence-corrected chi connectivity index (χ4v) is 0.407. The highest BCUT2D eigenvalue weighted by Gasteiger charge is 2.06. The van der Waals surface area contributed by atoms with Crippen LogP contribution in [0, 0.1) is 5.41 Å². The molecule has 0 saturated carbocycles. The Kier molecular flexibility index (Phi) is 3.79. The van der Waals surface area contributed by atoms with E-state index in [9.17, 15) is 4.79 Å². The number of nitrogens with zero attached hydrogens (tertiary/aromatic N) is 1. The number of rotatable bonds is 1. The van der Waals surface area contributed by atoms with Crippen LogP contribution in [0.3, 0.4) is 0 Å². The summed E-state index contributed by atoms with van der Waals surface area (Å²) in [4.78, 5) is 14.3. The Hall–Kier alpha value is -0.860. The molecule has 0 aliphatic heterocycles. The van der Waals surface area contributed by atoms with Gasteiger partial charge in [0.05, 0.1) is 6.61 Å². The van der Waals surface area contributed by atoms with Crippen molar-refractivity contribution in [3.8, 4) is 0 Å². The summed E-state index contributed by atoms with van der Waals surface area (Å²) in [5, 5.41) is 0. The zero-order valence-electron chi connectivity index (χ0n) is 7.55. The van der Waals surface area contributed by atoms with E-state index < -0.39 is 6.09 Å². The Labute approximate surface area is 67.5 Å². The maximum atomic E-state index is 10.7. The van der Waals surface area contributed by atoms with E-state index in [1.165, 1.54) is 0 Å². The Morgan fingerprint density at radius 2 is 2.09 bits per heavy atom. The van der Waals surface area contributed by atoms with Crippen LogP contribution in [0.4, 0.5) is 4.79 Å². The van der Waals surface area contributed by atoms with E-state index in [-0.39, 0.29) is 5.41 Å². The average molecular weight is 157 g/mol. The quantitative estimate of drug-likeness (QED) is 0.547. The lowest BCUT2D eigenvalue weighted by Crippen LogP contribution is -2.08. The molecule has 0 bridgehead atoms. The maximum Gasteiger partial charge on any atom is 0.433 e. The summed E-state index contributed by atoms with van der Waals surface area (Å²) >= 11 is 0. The first-order valence-corrected chi connectivity index (χ1v) is 3.67. The van der Waals surface area contributed by atoms with E-state index in [0.29, 0.717) is 6.61 Å². The Morgan fingerprint density at radius 3 is 2.45 bits per heavy atom. The molecule has 0 aliphatic carbocycles. The normalized spacial score (nSPS) is 12.0. The standard InChI is InChI=1S/C8H15NO2/c1-5-11-7(10)9-6-8(2,3)4/h6H,5H2,1-4H3/b9-6+. The predicted molar refractivity (Wildman–Crippen MR) is 45.0 cm³/mol. The summed E-state index contributed by atoms with van der Waals surface area (Å²) < 4.78 is 4.60. The van der Waals surface area contributed by atoms with Crippen molar-refractivity contribution in [3.05, 3.63) is 0 Å². The number of aliphatic imine (C=N–C) groups is 1. The monoisotopic (exact) mass is 157 g/mol. The van der Waals surface area contributed by atoms with Crippen molar-refractivity contribution in [3.63, 3.8) is 0 Å². The van der Waals surface area contributed by atoms with Gasteiger partial charge in [-0.15, -0.1) is 0 Å². The summed E-state index contributed by atoms with van der Waals surface area (Å²) in [7, 11) is 0. The third kappa shape index (κ3) is 7.03. The van der Waals surface area contributed by atoms with E-state index in [4.69, 9.17) is 0 Å². The minimum absolute atomic E-state index is 0.0627. The number of hydrogen-bond acceptors (Lipinski definition) is 2. The van der Waals surface area contributed by atoms with Crippen molar-refractivity contribution in [2.45, 2.75) is 27.7 Å². The smallest absolute Gasteiger partial charge is 0.433 e. The molecule has 0 aromatic heterocycles. The molecule has 3 heteroatoms. The first-order chi connectivity index (χ1) is 4.95. The molecule has 0 rings (SSSR count). The average Bonchev–Trinajstić information content (AvgIpc) is 1.83. The molecule has 3 nitrogen and oxygen atoms in total. The SMILES string of the molecule is CCOC(=O)/N=C/C(C)(C)C. The summed E-state index contributed by atoms with van der Waals surface area (Å²) in [6.45, 7) is 8.03. The zero-order chi connectivity index (χ0) is 8.91. The highest BCUT2D eigenvalue weighted by Crippen LogP contribution is 2.08. The number of amides is 1. The molecule has 0 N–H and O–H groups in total. The molecular weight excluding hydrogens is 142 g/mol. The summed E-state index contributed by atoms with van der Waals surface area (Å²) in [5.41, 5.74) is -0.0627. The highest BCUT2D eigenvalue weighted by molar-refractivity contribution is 5.81. The molecule has 11 heavy (non-hydrogen) atoms. The first-order valence-electron chi connectivity index (χ1n) is 3.67. The molecular formula is C8H15NO2. The van der Waals surface area contributed by atoms with Gasteiger partial charge in [-0.1, -0.05) is 20.8 Å². The van der Waals surface area contributed by atoms with E-state index in [1.54, 1.807) is 13.1 Å². The van der Waals surface area contributed by atoms with Gasteiger partial charge in [0.2, 0.25) is 0 Å². The molecule has 1 amide bonds. The van der Waals surface area contributed by atoms with Crippen molar-refractivity contribution in [2.75, 3.05) is 6.61 Å². The largest absolute Gasteiger partial charge is 0.448 e. The first kappa shape index (κ1) is 10.1. The van der Waals surface area contributed by atoms with Crippen LogP contribution in [0.25, 0.3) is 0 Å². The number of carbonyl (C=O) groups excluding carboxylic acids is 1. The molecule has 0 heterocycles. The minimum atomic E-state index is -0.512. The van der Waals surface area contributed by atoms with Crippen molar-refractivity contribution in [1.82, 2.24) is 0 Å². The van der Waals surface area contributed by atoms with Gasteiger partial charge in [0.1, 0.15) is 0 Å². The molecule has 0 unspecified atom stereocenters. The van der Waals surface area contributed by atoms with E-state index in [2.05, 4.69) is 9.73 Å². The van der Waals surface area contributed by atoms with Crippen LogP contribution in [-0.4, -0.2) is 18.9 Å². The zero-order valence-corrected chi connectivity index (χ0v) is 7.55. The van der Waals surface area contributed by atoms with Crippen LogP contribution in [0.2, 0.25) is 0 Å². The van der Waals surface area contributed by atoms with Gasteiger partial charge < -0.3 is 4.74 Å². The molecule has 0 spiro atoms. The second-order valence-corrected chi connectivity index (χ2v) is 3.32. The van der Waals surface area contributed by atoms with Crippen LogP contribution in [0.5, 0.6) is 0 Å². The van der Waals surface area contributed by atoms with E-state index in [1.807, 2.05) is 20.8 Å². The van der Waals surface area contributed by atoms with Gasteiger partial charge in [0, 0.05) is 6.21 Å². The maximum absolute atomic E-state index is 10.7. The summed E-state index contributed by atoms with van der Waals surface area (Å²) in [6.07, 6.45) is 1.08. The number of ether oxygens (including phenoxy) is 1. The van der Waals surface area contributed by atoms with Gasteiger partial charge in [-0.25, -0.2) is 4.79 Å². The van der Waals surface area contributed by atoms with E-state index in [0.717, 1.165) is 0 Å². The van der Waals surface area contributed by atoms with Crippen molar-refractivity contribution in [2.24, 2.45) is 10.4 Å². The van der Waals surface area contributed by atoms with Crippen LogP contribution in [0.15, 0.2) is 4.99 Å². The lowest BCUT2D eigenvalue weighted by atomic mass is 9.99. The Balaban J connectivity index is 3.83. The topological polar surface area (TPSA) is 38.7 Å². The van der Waals surface area contributed by atoms with Gasteiger partial charge in [-0.3, -0.25) is 0 Å². The molecule has 0 aromatic rings. The third-order valence-corrected chi connectivity index (χ3v) is 0.825. The molecule has 0 atom stereocenters. The van der Waals surface area contributed by atoms with E-state index >= 15 is 0 Å². The molecule has 0 radical (unpaired) electrons. The second-order valence-electron chi connectivity index (χ2n) is 3.32. The minimum Gasteiger partial charge on any atom is -0.448 e. The fourth-order valence-electron chi connectivity index (χ4n) is 0.407. The lowest BCUT2D eigenvalue weighted by molar-refractivity contribution is 0.163. The molecule has 0 aliphatic rings. The van der Waals surface area contributed by atoms with Crippen molar-refractivity contribution in [1.29, 1.82) is 0 Å². The van der Waals surface area contributed by atoms with Crippen LogP contribution < -0.4 is 0 Å². The summed E-state index contributed by atoms with van der Waals surface area (Å²) in [6, 6.07) is 0. The highest BCUT2D eigenvalue weighted by atomic mass is 16.5. The predicted octanol–water partition coefficient (Wildman–Crippen LogP) is 2.26. The van der Waals surface area contributed by atoms with Crippen molar-refractivity contribution < 1.29 is 9.53 Å². The lowest BCUT2D eigenvalue weighted by Gasteiger charge is -2.08. The second kappa shape index (κ2) is 4.11. The fraction of sp³-hybridized carbons (Fsp3) is 0.750. The Bertz CT molecular complexity index is 156. The van der Waals surface area contributed by atoms with Gasteiger partial charge in [0.15, 0.2) is 0 Å². The molecule has 0 saturated heterocycles. The molecule has 0 aromatic carbocycles. The van der Waals surface area contributed by atoms with Crippen molar-refractivity contribution >= 4 is 12.3 Å². The van der Waals surface area contributed by atoms with Gasteiger partial charge in [-0.2, -0.15) is 4.99 Å². The molecule has 0 fully saturated rings. The van der Waals surface area contributed by atoms with Crippen LogP contribution in [0.1, 0.15) is 27.7 Å². The Morgan fingerprint density at radius 1 is 1.55 bits per heavy atom. The number of carbonyl (C=O) groups is 1. The molecule has 64 valence electrons.